The molecule has 212 valence electrons. The van der Waals surface area contributed by atoms with Gasteiger partial charge in [0.2, 0.25) is 11.1 Å². The number of carbonyl (C=O) groups is 1. The van der Waals surface area contributed by atoms with E-state index in [-0.39, 0.29) is 28.6 Å². The van der Waals surface area contributed by atoms with Crippen molar-refractivity contribution in [3.8, 4) is 11.5 Å². The molecule has 0 aliphatic carbocycles. The first kappa shape index (κ1) is 27.5. The highest BCUT2D eigenvalue weighted by molar-refractivity contribution is 7.08. The summed E-state index contributed by atoms with van der Waals surface area (Å²) < 4.78 is 66.8. The third-order valence-electron chi connectivity index (χ3n) is 6.84. The first-order chi connectivity index (χ1) is 19.1. The van der Waals surface area contributed by atoms with Crippen molar-refractivity contribution in [1.82, 2.24) is 9.88 Å². The van der Waals surface area contributed by atoms with Gasteiger partial charge in [-0.1, -0.05) is 0 Å². The summed E-state index contributed by atoms with van der Waals surface area (Å²) in [5, 5.41) is 10.6. The third kappa shape index (κ3) is 5.22. The van der Waals surface area contributed by atoms with Crippen LogP contribution in [0.5, 0.6) is 11.5 Å². The summed E-state index contributed by atoms with van der Waals surface area (Å²) in [6.07, 6.45) is -1.87. The van der Waals surface area contributed by atoms with Crippen LogP contribution >= 0.6 is 11.3 Å². The number of aliphatic carboxylic acids is 1. The van der Waals surface area contributed by atoms with Gasteiger partial charge in [-0.15, -0.1) is 11.3 Å². The number of pyridine rings is 1. The number of ether oxygens (including phenoxy) is 2. The zero-order valence-electron chi connectivity index (χ0n) is 21.5. The van der Waals surface area contributed by atoms with E-state index in [4.69, 9.17) is 9.47 Å². The zero-order valence-corrected chi connectivity index (χ0v) is 22.3. The van der Waals surface area contributed by atoms with Gasteiger partial charge in [-0.2, -0.15) is 17.6 Å². The fourth-order valence-corrected chi connectivity index (χ4v) is 5.67. The lowest BCUT2D eigenvalue weighted by atomic mass is 10.00. The number of alkyl halides is 3. The van der Waals surface area contributed by atoms with Crippen molar-refractivity contribution in [2.24, 2.45) is 4.99 Å². The van der Waals surface area contributed by atoms with Crippen molar-refractivity contribution >= 4 is 40.3 Å². The smallest absolute Gasteiger partial charge is 0.416 e. The van der Waals surface area contributed by atoms with E-state index in [1.165, 1.54) is 23.5 Å². The number of fused-ring (bicyclic) bond motifs is 1. The largest absolute Gasteiger partial charge is 0.495 e. The Morgan fingerprint density at radius 2 is 1.82 bits per heavy atom. The fourth-order valence-electron chi connectivity index (χ4n) is 4.89. The minimum Gasteiger partial charge on any atom is -0.495 e. The summed E-state index contributed by atoms with van der Waals surface area (Å²) in [5.41, 5.74) is 0.159. The van der Waals surface area contributed by atoms with Crippen molar-refractivity contribution in [2.75, 3.05) is 50.2 Å². The number of guanidine groups is 1. The van der Waals surface area contributed by atoms with Crippen molar-refractivity contribution in [3.05, 3.63) is 58.3 Å². The molecule has 1 unspecified atom stereocenters. The Kier molecular flexibility index (Phi) is 7.45. The van der Waals surface area contributed by atoms with Gasteiger partial charge in [0.25, 0.3) is 0 Å². The summed E-state index contributed by atoms with van der Waals surface area (Å²) in [6, 6.07) is 3.81. The average Bonchev–Trinajstić information content (AvgIpc) is 3.32. The maximum absolute atomic E-state index is 14.9. The standard InChI is InChI=1S/C26H25F4N5O4S/c1-38-17-10-16(12-31-13-17)33-5-7-34(8-6-33)25-32-23-18(14-40-24(23)27)19(11-22(36)37)35(25)20-9-15(26(28,29)30)3-4-21(20)39-2/h3-4,9-10,12-14,19H,5-8,11H2,1-2H3,(H,36,37). The molecule has 0 radical (unpaired) electrons. The number of hydrogen-bond donors (Lipinski definition) is 1. The number of anilines is 2. The molecular weight excluding hydrogens is 554 g/mol. The molecule has 1 N–H and O–H groups in total. The minimum atomic E-state index is -4.66. The summed E-state index contributed by atoms with van der Waals surface area (Å²) in [5.74, 6) is -0.361. The van der Waals surface area contributed by atoms with Crippen LogP contribution in [0.15, 0.2) is 47.0 Å². The Balaban J connectivity index is 1.58. The van der Waals surface area contributed by atoms with E-state index in [9.17, 15) is 27.5 Å². The number of aromatic nitrogens is 1. The molecule has 1 aromatic carbocycles. The molecule has 3 aromatic rings. The SMILES string of the molecule is COc1cncc(N2CCN(C3=Nc4c(csc4F)C(CC(=O)O)N3c3cc(C(F)(F)F)ccc3OC)CC2)c1. The molecule has 9 nitrogen and oxygen atoms in total. The minimum absolute atomic E-state index is 0.00660. The van der Waals surface area contributed by atoms with Gasteiger partial charge in [0.1, 0.15) is 17.2 Å². The lowest BCUT2D eigenvalue weighted by molar-refractivity contribution is -0.138. The number of aliphatic imine (C=N–C) groups is 1. The van der Waals surface area contributed by atoms with Crippen molar-refractivity contribution < 1.29 is 36.9 Å². The molecule has 4 heterocycles. The number of carboxylic acids is 1. The molecule has 2 aromatic heterocycles. The molecule has 0 spiro atoms. The molecule has 1 saturated heterocycles. The molecule has 1 fully saturated rings. The van der Waals surface area contributed by atoms with Gasteiger partial charge in [0.15, 0.2) is 0 Å². The normalized spacial score (nSPS) is 17.4. The number of carboxylic acid groups (broad SMARTS) is 1. The maximum Gasteiger partial charge on any atom is 0.416 e. The van der Waals surface area contributed by atoms with Gasteiger partial charge < -0.3 is 29.3 Å². The van der Waals surface area contributed by atoms with E-state index in [0.717, 1.165) is 29.2 Å². The van der Waals surface area contributed by atoms with Gasteiger partial charge in [0.05, 0.1) is 56.0 Å². The van der Waals surface area contributed by atoms with Gasteiger partial charge in [0, 0.05) is 43.2 Å². The number of benzene rings is 1. The summed E-state index contributed by atoms with van der Waals surface area (Å²) in [4.78, 5) is 26.0. The molecule has 40 heavy (non-hydrogen) atoms. The zero-order chi connectivity index (χ0) is 28.6. The van der Waals surface area contributed by atoms with Crippen LogP contribution < -0.4 is 19.3 Å². The molecule has 5 rings (SSSR count). The van der Waals surface area contributed by atoms with Crippen molar-refractivity contribution in [1.29, 1.82) is 0 Å². The Labute approximate surface area is 230 Å². The quantitative estimate of drug-likeness (QED) is 0.401. The third-order valence-corrected chi connectivity index (χ3v) is 7.61. The second-order valence-electron chi connectivity index (χ2n) is 9.15. The van der Waals surface area contributed by atoms with Gasteiger partial charge in [-0.25, -0.2) is 4.99 Å². The number of piperazine rings is 1. The second kappa shape index (κ2) is 10.8. The number of nitrogens with zero attached hydrogens (tertiary/aromatic N) is 5. The summed E-state index contributed by atoms with van der Waals surface area (Å²) in [6.45, 7) is 1.72. The molecule has 14 heteroatoms. The predicted octanol–water partition coefficient (Wildman–Crippen LogP) is 5.16. The second-order valence-corrected chi connectivity index (χ2v) is 9.98. The van der Waals surface area contributed by atoms with Crippen LogP contribution in [0, 0.1) is 5.13 Å². The lowest BCUT2D eigenvalue weighted by Crippen LogP contribution is -2.55. The highest BCUT2D eigenvalue weighted by atomic mass is 32.1. The Morgan fingerprint density at radius 3 is 2.48 bits per heavy atom. The topological polar surface area (TPSA) is 90.7 Å². The van der Waals surface area contributed by atoms with Crippen LogP contribution in [0.4, 0.5) is 34.6 Å². The molecule has 2 aliphatic rings. The van der Waals surface area contributed by atoms with Gasteiger partial charge in [-0.3, -0.25) is 9.78 Å². The van der Waals surface area contributed by atoms with Crippen molar-refractivity contribution in [2.45, 2.75) is 18.6 Å². The number of rotatable bonds is 6. The van der Waals surface area contributed by atoms with E-state index in [0.29, 0.717) is 31.9 Å². The number of thiophene rings is 1. The van der Waals surface area contributed by atoms with Crippen LogP contribution in [-0.4, -0.2) is 67.3 Å². The highest BCUT2D eigenvalue weighted by Gasteiger charge is 2.41. The molecule has 0 saturated carbocycles. The molecule has 2 aliphatic heterocycles. The number of halogens is 4. The van der Waals surface area contributed by atoms with E-state index >= 15 is 0 Å². The summed E-state index contributed by atoms with van der Waals surface area (Å²) >= 11 is 0.765. The Hall–Kier alpha value is -4.07. The predicted molar refractivity (Wildman–Crippen MR) is 141 cm³/mol. The van der Waals surface area contributed by atoms with E-state index in [1.54, 1.807) is 19.5 Å². The Bertz CT molecular complexity index is 1440. The molecule has 0 amide bonds. The maximum atomic E-state index is 14.9. The first-order valence-corrected chi connectivity index (χ1v) is 13.1. The first-order valence-electron chi connectivity index (χ1n) is 12.2. The van der Waals surface area contributed by atoms with Gasteiger partial charge in [-0.05, 0) is 18.2 Å². The highest BCUT2D eigenvalue weighted by Crippen LogP contribution is 2.47. The van der Waals surface area contributed by atoms with Crippen LogP contribution in [0.1, 0.15) is 23.6 Å². The van der Waals surface area contributed by atoms with Crippen LogP contribution in [0.3, 0.4) is 0 Å². The van der Waals surface area contributed by atoms with E-state index < -0.39 is 35.3 Å². The monoisotopic (exact) mass is 579 g/mol. The van der Waals surface area contributed by atoms with Gasteiger partial charge >= 0.3 is 12.1 Å². The molecule has 0 bridgehead atoms. The number of methoxy groups -OCH3 is 2. The van der Waals surface area contributed by atoms with Crippen molar-refractivity contribution in [3.63, 3.8) is 0 Å². The molecule has 1 atom stereocenters. The number of hydrogen-bond acceptors (Lipinski definition) is 9. The Morgan fingerprint density at radius 1 is 1.10 bits per heavy atom. The molecular formula is C26H25F4N5O4S. The van der Waals surface area contributed by atoms with Crippen LogP contribution in [0.2, 0.25) is 0 Å². The summed E-state index contributed by atoms with van der Waals surface area (Å²) in [7, 11) is 2.86. The van der Waals surface area contributed by atoms with Crippen LogP contribution in [-0.2, 0) is 11.0 Å². The fraction of sp³-hybridized carbons (Fsp3) is 0.346. The lowest BCUT2D eigenvalue weighted by Gasteiger charge is -2.44. The average molecular weight is 580 g/mol. The van der Waals surface area contributed by atoms with Crippen LogP contribution in [0.25, 0.3) is 0 Å². The van der Waals surface area contributed by atoms with E-state index in [2.05, 4.69) is 14.9 Å². The van der Waals surface area contributed by atoms with E-state index in [1.807, 2.05) is 11.0 Å².